The van der Waals surface area contributed by atoms with Crippen LogP contribution in [0.2, 0.25) is 0 Å². The molecule has 72 valence electrons. The molecule has 0 amide bonds. The van der Waals surface area contributed by atoms with Crippen LogP contribution in [0.1, 0.15) is 12.7 Å². The Morgan fingerprint density at radius 2 is 2.46 bits per heavy atom. The largest absolute Gasteiger partial charge is 0.468 e. The molecule has 0 unspecified atom stereocenters. The fourth-order valence-electron chi connectivity index (χ4n) is 1.63. The van der Waals surface area contributed by atoms with E-state index in [1.54, 1.807) is 6.26 Å². The molecule has 0 atom stereocenters. The second-order valence-corrected chi connectivity index (χ2v) is 3.45. The van der Waals surface area contributed by atoms with Crippen molar-refractivity contribution in [1.29, 1.82) is 0 Å². The van der Waals surface area contributed by atoms with Crippen molar-refractivity contribution in [3.8, 4) is 0 Å². The summed E-state index contributed by atoms with van der Waals surface area (Å²) in [5.74, 6) is 1.06. The summed E-state index contributed by atoms with van der Waals surface area (Å²) in [7, 11) is 0. The average molecular weight is 180 g/mol. The van der Waals surface area contributed by atoms with E-state index in [0.29, 0.717) is 6.04 Å². The van der Waals surface area contributed by atoms with Gasteiger partial charge in [-0.05, 0) is 18.7 Å². The molecule has 1 aromatic heterocycles. The summed E-state index contributed by atoms with van der Waals surface area (Å²) in [5, 5.41) is 3.28. The molecule has 3 nitrogen and oxygen atoms in total. The van der Waals surface area contributed by atoms with Crippen LogP contribution in [0, 0.1) is 0 Å². The van der Waals surface area contributed by atoms with Crippen molar-refractivity contribution in [2.45, 2.75) is 19.5 Å². The molecule has 0 aliphatic carbocycles. The first-order chi connectivity index (χ1) is 6.40. The molecule has 1 aliphatic rings. The molecule has 1 saturated heterocycles. The van der Waals surface area contributed by atoms with E-state index in [4.69, 9.17) is 4.42 Å². The Bertz CT molecular complexity index is 241. The number of nitrogens with zero attached hydrogens (tertiary/aromatic N) is 1. The average Bonchev–Trinajstić information content (AvgIpc) is 2.52. The van der Waals surface area contributed by atoms with Gasteiger partial charge >= 0.3 is 0 Å². The molecule has 0 bridgehead atoms. The third kappa shape index (κ3) is 1.92. The Hall–Kier alpha value is -0.800. The van der Waals surface area contributed by atoms with E-state index in [2.05, 4.69) is 17.1 Å². The highest BCUT2D eigenvalue weighted by atomic mass is 16.3. The van der Waals surface area contributed by atoms with Gasteiger partial charge in [0, 0.05) is 19.1 Å². The van der Waals surface area contributed by atoms with Gasteiger partial charge in [-0.3, -0.25) is 4.90 Å². The minimum Gasteiger partial charge on any atom is -0.468 e. The Morgan fingerprint density at radius 1 is 1.62 bits per heavy atom. The van der Waals surface area contributed by atoms with Crippen molar-refractivity contribution in [2.24, 2.45) is 0 Å². The second kappa shape index (κ2) is 3.94. The molecule has 3 heteroatoms. The van der Waals surface area contributed by atoms with Gasteiger partial charge in [-0.1, -0.05) is 6.92 Å². The van der Waals surface area contributed by atoms with E-state index >= 15 is 0 Å². The topological polar surface area (TPSA) is 28.4 Å². The molecule has 0 saturated carbocycles. The van der Waals surface area contributed by atoms with Gasteiger partial charge in [0.1, 0.15) is 5.76 Å². The van der Waals surface area contributed by atoms with Crippen LogP contribution in [-0.2, 0) is 6.54 Å². The van der Waals surface area contributed by atoms with Crippen LogP contribution in [-0.4, -0.2) is 30.6 Å². The summed E-state index contributed by atoms with van der Waals surface area (Å²) >= 11 is 0. The van der Waals surface area contributed by atoms with Crippen molar-refractivity contribution >= 4 is 0 Å². The Kier molecular flexibility index (Phi) is 2.66. The highest BCUT2D eigenvalue weighted by Gasteiger charge is 2.23. The summed E-state index contributed by atoms with van der Waals surface area (Å²) in [6, 6.07) is 4.69. The van der Waals surface area contributed by atoms with E-state index in [1.165, 1.54) is 0 Å². The van der Waals surface area contributed by atoms with E-state index in [-0.39, 0.29) is 0 Å². The van der Waals surface area contributed by atoms with E-state index in [9.17, 15) is 0 Å². The van der Waals surface area contributed by atoms with Crippen molar-refractivity contribution in [3.63, 3.8) is 0 Å². The molecule has 2 rings (SSSR count). The van der Waals surface area contributed by atoms with Gasteiger partial charge in [0.25, 0.3) is 0 Å². The summed E-state index contributed by atoms with van der Waals surface area (Å²) in [6.45, 7) is 6.47. The molecule has 0 spiro atoms. The molecule has 0 radical (unpaired) electrons. The molecular weight excluding hydrogens is 164 g/mol. The first-order valence-corrected chi connectivity index (χ1v) is 4.87. The highest BCUT2D eigenvalue weighted by Crippen LogP contribution is 2.10. The zero-order valence-corrected chi connectivity index (χ0v) is 7.99. The zero-order chi connectivity index (χ0) is 9.10. The predicted octanol–water partition coefficient (Wildman–Crippen LogP) is 1.07. The monoisotopic (exact) mass is 180 g/mol. The lowest BCUT2D eigenvalue weighted by atomic mass is 10.1. The van der Waals surface area contributed by atoms with Gasteiger partial charge in [0.05, 0.1) is 12.8 Å². The fraction of sp³-hybridized carbons (Fsp3) is 0.600. The maximum atomic E-state index is 5.32. The number of rotatable bonds is 4. The lowest BCUT2D eigenvalue weighted by Gasteiger charge is -2.37. The maximum absolute atomic E-state index is 5.32. The number of hydrogen-bond donors (Lipinski definition) is 1. The normalized spacial score (nSPS) is 17.7. The van der Waals surface area contributed by atoms with Crippen LogP contribution in [0.25, 0.3) is 0 Å². The summed E-state index contributed by atoms with van der Waals surface area (Å²) in [5.41, 5.74) is 0. The third-order valence-electron chi connectivity index (χ3n) is 2.62. The lowest BCUT2D eigenvalue weighted by Crippen LogP contribution is -2.56. The van der Waals surface area contributed by atoms with Gasteiger partial charge < -0.3 is 9.73 Å². The minimum absolute atomic E-state index is 0.704. The van der Waals surface area contributed by atoms with Crippen molar-refractivity contribution in [2.75, 3.05) is 19.6 Å². The van der Waals surface area contributed by atoms with Crippen LogP contribution in [0.5, 0.6) is 0 Å². The van der Waals surface area contributed by atoms with E-state index in [0.717, 1.165) is 31.9 Å². The molecule has 1 aliphatic heterocycles. The van der Waals surface area contributed by atoms with Gasteiger partial charge in [0.2, 0.25) is 0 Å². The molecule has 1 aromatic rings. The van der Waals surface area contributed by atoms with Crippen molar-refractivity contribution in [3.05, 3.63) is 24.2 Å². The third-order valence-corrected chi connectivity index (χ3v) is 2.62. The molecule has 1 N–H and O–H groups in total. The smallest absolute Gasteiger partial charge is 0.117 e. The maximum Gasteiger partial charge on any atom is 0.117 e. The van der Waals surface area contributed by atoms with Crippen molar-refractivity contribution in [1.82, 2.24) is 10.2 Å². The standard InChI is InChI=1S/C10H16N2O/c1-2-12(9-6-11-7-9)8-10-4-3-5-13-10/h3-5,9,11H,2,6-8H2,1H3. The zero-order valence-electron chi connectivity index (χ0n) is 7.99. The summed E-state index contributed by atoms with van der Waals surface area (Å²) < 4.78 is 5.32. The first kappa shape index (κ1) is 8.78. The Morgan fingerprint density at radius 3 is 2.92 bits per heavy atom. The van der Waals surface area contributed by atoms with Gasteiger partial charge in [-0.2, -0.15) is 0 Å². The molecule has 2 heterocycles. The van der Waals surface area contributed by atoms with E-state index < -0.39 is 0 Å². The quantitative estimate of drug-likeness (QED) is 0.751. The Labute approximate surface area is 78.7 Å². The molecule has 13 heavy (non-hydrogen) atoms. The van der Waals surface area contributed by atoms with E-state index in [1.807, 2.05) is 12.1 Å². The van der Waals surface area contributed by atoms with Crippen LogP contribution in [0.15, 0.2) is 22.8 Å². The SMILES string of the molecule is CCN(Cc1ccco1)C1CNC1. The summed E-state index contributed by atoms with van der Waals surface area (Å²) in [4.78, 5) is 2.44. The second-order valence-electron chi connectivity index (χ2n) is 3.45. The number of furan rings is 1. The predicted molar refractivity (Wildman–Crippen MR) is 51.4 cm³/mol. The van der Waals surface area contributed by atoms with Gasteiger partial charge in [0.15, 0.2) is 0 Å². The molecule has 1 fully saturated rings. The number of likely N-dealkylation sites (N-methyl/N-ethyl adjacent to an activating group) is 1. The molecular formula is C10H16N2O. The fourth-order valence-corrected chi connectivity index (χ4v) is 1.63. The lowest BCUT2D eigenvalue weighted by molar-refractivity contribution is 0.135. The van der Waals surface area contributed by atoms with Crippen LogP contribution in [0.3, 0.4) is 0 Å². The van der Waals surface area contributed by atoms with Crippen LogP contribution >= 0.6 is 0 Å². The highest BCUT2D eigenvalue weighted by molar-refractivity contribution is 4.99. The minimum atomic E-state index is 0.704. The van der Waals surface area contributed by atoms with Gasteiger partial charge in [-0.15, -0.1) is 0 Å². The number of hydrogen-bond acceptors (Lipinski definition) is 3. The van der Waals surface area contributed by atoms with Crippen LogP contribution in [0.4, 0.5) is 0 Å². The summed E-state index contributed by atoms with van der Waals surface area (Å²) in [6.07, 6.45) is 1.74. The van der Waals surface area contributed by atoms with Gasteiger partial charge in [-0.25, -0.2) is 0 Å². The first-order valence-electron chi connectivity index (χ1n) is 4.87. The number of nitrogens with one attached hydrogen (secondary N) is 1. The Balaban J connectivity index is 1.90. The van der Waals surface area contributed by atoms with Crippen molar-refractivity contribution < 1.29 is 4.42 Å². The molecule has 0 aromatic carbocycles. The van der Waals surface area contributed by atoms with Crippen LogP contribution < -0.4 is 5.32 Å².